The van der Waals surface area contributed by atoms with Crippen LogP contribution in [0.4, 0.5) is 0 Å². The Morgan fingerprint density at radius 1 is 1.44 bits per heavy atom. The van der Waals surface area contributed by atoms with Gasteiger partial charge in [-0.05, 0) is 63.4 Å². The van der Waals surface area contributed by atoms with Gasteiger partial charge in [-0.2, -0.15) is 0 Å². The molecule has 0 aliphatic carbocycles. The van der Waals surface area contributed by atoms with Gasteiger partial charge in [-0.25, -0.2) is 0 Å². The molecule has 2 nitrogen and oxygen atoms in total. The largest absolute Gasteiger partial charge is 0.469 e. The number of thiophene rings is 1. The van der Waals surface area contributed by atoms with Crippen LogP contribution in [0.3, 0.4) is 0 Å². The Balaban J connectivity index is 1.73. The molecular formula is C13H15Br2NOS. The van der Waals surface area contributed by atoms with Crippen molar-refractivity contribution < 1.29 is 4.42 Å². The van der Waals surface area contributed by atoms with Gasteiger partial charge in [0.2, 0.25) is 0 Å². The van der Waals surface area contributed by atoms with Crippen LogP contribution in [0.1, 0.15) is 24.0 Å². The van der Waals surface area contributed by atoms with Gasteiger partial charge in [0.1, 0.15) is 5.76 Å². The number of furan rings is 1. The zero-order valence-electron chi connectivity index (χ0n) is 10.1. The van der Waals surface area contributed by atoms with Gasteiger partial charge >= 0.3 is 0 Å². The summed E-state index contributed by atoms with van der Waals surface area (Å²) in [6.07, 6.45) is 3.80. The fourth-order valence-corrected chi connectivity index (χ4v) is 3.80. The second-order valence-corrected chi connectivity index (χ2v) is 7.54. The minimum absolute atomic E-state index is 0.481. The van der Waals surface area contributed by atoms with Crippen molar-refractivity contribution in [3.8, 4) is 0 Å². The first-order valence-corrected chi connectivity index (χ1v) is 8.25. The Kier molecular flexibility index (Phi) is 5.48. The number of halogens is 2. The third-order valence-corrected chi connectivity index (χ3v) is 5.98. The molecule has 2 aromatic rings. The third kappa shape index (κ3) is 4.23. The van der Waals surface area contributed by atoms with Gasteiger partial charge in [-0.1, -0.05) is 0 Å². The van der Waals surface area contributed by atoms with E-state index in [4.69, 9.17) is 4.42 Å². The second-order valence-electron chi connectivity index (χ2n) is 4.23. The van der Waals surface area contributed by atoms with Crippen LogP contribution in [0, 0.1) is 0 Å². The van der Waals surface area contributed by atoms with Crippen molar-refractivity contribution in [2.75, 3.05) is 0 Å². The molecule has 0 fully saturated rings. The van der Waals surface area contributed by atoms with Crippen LogP contribution in [0.15, 0.2) is 37.1 Å². The molecule has 0 saturated carbocycles. The lowest BCUT2D eigenvalue weighted by atomic mass is 10.1. The zero-order chi connectivity index (χ0) is 13.0. The monoisotopic (exact) mass is 391 g/mol. The molecule has 1 N–H and O–H groups in total. The Morgan fingerprint density at radius 3 is 2.89 bits per heavy atom. The van der Waals surface area contributed by atoms with Crippen molar-refractivity contribution in [1.29, 1.82) is 0 Å². The predicted octanol–water partition coefficient (Wildman–Crippen LogP) is 4.98. The smallest absolute Gasteiger partial charge is 0.103 e. The van der Waals surface area contributed by atoms with E-state index in [2.05, 4.69) is 50.2 Å². The first-order valence-electron chi connectivity index (χ1n) is 5.84. The highest BCUT2D eigenvalue weighted by Gasteiger charge is 2.07. The number of hydrogen-bond donors (Lipinski definition) is 1. The average molecular weight is 393 g/mol. The van der Waals surface area contributed by atoms with Crippen molar-refractivity contribution in [1.82, 2.24) is 5.32 Å². The van der Waals surface area contributed by atoms with E-state index in [1.54, 1.807) is 17.6 Å². The maximum Gasteiger partial charge on any atom is 0.103 e. The van der Waals surface area contributed by atoms with Crippen molar-refractivity contribution >= 4 is 43.2 Å². The summed E-state index contributed by atoms with van der Waals surface area (Å²) >= 11 is 8.78. The van der Waals surface area contributed by atoms with E-state index in [0.717, 1.165) is 33.4 Å². The number of aryl methyl sites for hydroxylation is 1. The van der Waals surface area contributed by atoms with Crippen LogP contribution in [0.2, 0.25) is 0 Å². The molecule has 5 heteroatoms. The lowest BCUT2D eigenvalue weighted by Gasteiger charge is -2.11. The van der Waals surface area contributed by atoms with Crippen LogP contribution in [0.5, 0.6) is 0 Å². The first-order chi connectivity index (χ1) is 8.65. The molecule has 1 atom stereocenters. The van der Waals surface area contributed by atoms with E-state index in [1.807, 2.05) is 12.1 Å². The van der Waals surface area contributed by atoms with Gasteiger partial charge in [0.15, 0.2) is 0 Å². The summed E-state index contributed by atoms with van der Waals surface area (Å²) in [7, 11) is 0. The molecule has 2 heterocycles. The van der Waals surface area contributed by atoms with Gasteiger partial charge in [-0.3, -0.25) is 0 Å². The molecule has 0 amide bonds. The number of rotatable bonds is 6. The molecule has 2 rings (SSSR count). The van der Waals surface area contributed by atoms with Crippen molar-refractivity contribution in [2.24, 2.45) is 0 Å². The van der Waals surface area contributed by atoms with Crippen LogP contribution >= 0.6 is 43.2 Å². The first kappa shape index (κ1) is 14.3. The minimum Gasteiger partial charge on any atom is -0.469 e. The molecule has 0 radical (unpaired) electrons. The molecule has 0 bridgehead atoms. The molecule has 98 valence electrons. The summed E-state index contributed by atoms with van der Waals surface area (Å²) in [4.78, 5) is 1.33. The van der Waals surface area contributed by atoms with Gasteiger partial charge in [-0.15, -0.1) is 11.3 Å². The predicted molar refractivity (Wildman–Crippen MR) is 83.0 cm³/mol. The van der Waals surface area contributed by atoms with Crippen molar-refractivity contribution in [3.63, 3.8) is 0 Å². The number of nitrogens with one attached hydrogen (secondary N) is 1. The molecule has 0 aromatic carbocycles. The molecule has 0 spiro atoms. The van der Waals surface area contributed by atoms with Crippen LogP contribution in [-0.2, 0) is 13.0 Å². The summed E-state index contributed by atoms with van der Waals surface area (Å²) in [6, 6.07) is 6.60. The van der Waals surface area contributed by atoms with E-state index in [9.17, 15) is 0 Å². The number of hydrogen-bond acceptors (Lipinski definition) is 3. The minimum atomic E-state index is 0.481. The van der Waals surface area contributed by atoms with Crippen LogP contribution in [-0.4, -0.2) is 6.04 Å². The molecule has 1 unspecified atom stereocenters. The Morgan fingerprint density at radius 2 is 2.28 bits per heavy atom. The molecule has 0 saturated heterocycles. The molecule has 2 aromatic heterocycles. The summed E-state index contributed by atoms with van der Waals surface area (Å²) in [6.45, 7) is 3.12. The highest BCUT2D eigenvalue weighted by Crippen LogP contribution is 2.32. The quantitative estimate of drug-likeness (QED) is 0.749. The Bertz CT molecular complexity index is 462. The molecule has 0 aliphatic heterocycles. The summed E-state index contributed by atoms with van der Waals surface area (Å²) in [5, 5.41) is 3.53. The Labute approximate surface area is 128 Å². The third-order valence-electron chi connectivity index (χ3n) is 2.72. The molecule has 18 heavy (non-hydrogen) atoms. The van der Waals surface area contributed by atoms with Crippen LogP contribution < -0.4 is 5.32 Å². The van der Waals surface area contributed by atoms with Gasteiger partial charge in [0.25, 0.3) is 0 Å². The fourth-order valence-electron chi connectivity index (χ4n) is 1.67. The summed E-state index contributed by atoms with van der Waals surface area (Å²) in [5.41, 5.74) is 0. The van der Waals surface area contributed by atoms with E-state index in [0.29, 0.717) is 6.04 Å². The van der Waals surface area contributed by atoms with E-state index < -0.39 is 0 Å². The molecular weight excluding hydrogens is 378 g/mol. The van der Waals surface area contributed by atoms with Crippen LogP contribution in [0.25, 0.3) is 0 Å². The normalized spacial score (nSPS) is 12.8. The fraction of sp³-hybridized carbons (Fsp3) is 0.385. The average Bonchev–Trinajstić information content (AvgIpc) is 2.95. The van der Waals surface area contributed by atoms with Gasteiger partial charge in [0, 0.05) is 28.4 Å². The van der Waals surface area contributed by atoms with E-state index in [1.165, 1.54) is 4.88 Å². The van der Waals surface area contributed by atoms with E-state index >= 15 is 0 Å². The molecule has 0 aliphatic rings. The lowest BCUT2D eigenvalue weighted by molar-refractivity contribution is 0.461. The van der Waals surface area contributed by atoms with Gasteiger partial charge < -0.3 is 9.73 Å². The summed E-state index contributed by atoms with van der Waals surface area (Å²) < 4.78 is 7.61. The Hall–Kier alpha value is -0.1000. The summed E-state index contributed by atoms with van der Waals surface area (Å²) in [5.74, 6) is 1.06. The topological polar surface area (TPSA) is 25.2 Å². The van der Waals surface area contributed by atoms with Gasteiger partial charge in [0.05, 0.1) is 10.0 Å². The highest BCUT2D eigenvalue weighted by atomic mass is 79.9. The highest BCUT2D eigenvalue weighted by molar-refractivity contribution is 9.13. The SMILES string of the molecule is CC(CCc1ccco1)NCc1cc(Br)c(Br)s1. The standard InChI is InChI=1S/C13H15Br2NOS/c1-9(4-5-10-3-2-6-17-10)16-8-11-7-12(14)13(15)18-11/h2-3,6-7,9,16H,4-5,8H2,1H3. The maximum absolute atomic E-state index is 5.33. The second kappa shape index (κ2) is 6.89. The zero-order valence-corrected chi connectivity index (χ0v) is 14.1. The van der Waals surface area contributed by atoms with Crippen molar-refractivity contribution in [2.45, 2.75) is 32.4 Å². The van der Waals surface area contributed by atoms with Crippen molar-refractivity contribution in [3.05, 3.63) is 43.4 Å². The van der Waals surface area contributed by atoms with E-state index in [-0.39, 0.29) is 0 Å². The maximum atomic E-state index is 5.33. The lowest BCUT2D eigenvalue weighted by Crippen LogP contribution is -2.25.